The Morgan fingerprint density at radius 3 is 2.11 bits per heavy atom. The van der Waals surface area contributed by atoms with Gasteiger partial charge in [0, 0.05) is 13.1 Å². The minimum atomic E-state index is -4.34. The van der Waals surface area contributed by atoms with Gasteiger partial charge in [-0.3, -0.25) is 0 Å². The van der Waals surface area contributed by atoms with Gasteiger partial charge in [-0.05, 0) is 35.2 Å². The number of urea groups is 1. The van der Waals surface area contributed by atoms with E-state index in [1.165, 1.54) is 12.1 Å². The molecule has 0 saturated heterocycles. The summed E-state index contributed by atoms with van der Waals surface area (Å²) < 4.78 is 53.4. The molecular weight excluding hydrogens is 364 g/mol. The Kier molecular flexibility index (Phi) is 7.60. The quantitative estimate of drug-likeness (QED) is 0.678. The standard InChI is InChI=1S/C19H20F4N2O2/c20-17-7-5-14(6-8-17)9-10-24-18(26)25-11-15-1-3-16(4-2-15)12-27-13-19(21,22)23/h1-8H,9-13H2,(H2,24,25,26). The molecule has 8 heteroatoms. The second-order valence-electron chi connectivity index (χ2n) is 5.91. The Hall–Kier alpha value is -2.61. The van der Waals surface area contributed by atoms with Crippen LogP contribution in [0.15, 0.2) is 48.5 Å². The molecule has 0 radical (unpaired) electrons. The van der Waals surface area contributed by atoms with Gasteiger partial charge in [-0.1, -0.05) is 36.4 Å². The largest absolute Gasteiger partial charge is 0.411 e. The summed E-state index contributed by atoms with van der Waals surface area (Å²) in [4.78, 5) is 11.8. The van der Waals surface area contributed by atoms with Gasteiger partial charge in [0.2, 0.25) is 0 Å². The number of amides is 2. The van der Waals surface area contributed by atoms with Gasteiger partial charge in [-0.15, -0.1) is 0 Å². The van der Waals surface area contributed by atoms with Crippen molar-refractivity contribution in [2.75, 3.05) is 13.2 Å². The van der Waals surface area contributed by atoms with Crippen molar-refractivity contribution >= 4 is 6.03 Å². The van der Waals surface area contributed by atoms with Crippen molar-refractivity contribution in [2.24, 2.45) is 0 Å². The number of hydrogen-bond acceptors (Lipinski definition) is 2. The molecule has 0 fully saturated rings. The minimum Gasteiger partial charge on any atom is -0.367 e. The molecule has 2 aromatic rings. The highest BCUT2D eigenvalue weighted by Crippen LogP contribution is 2.15. The van der Waals surface area contributed by atoms with E-state index in [0.29, 0.717) is 18.5 Å². The van der Waals surface area contributed by atoms with Crippen LogP contribution in [0.2, 0.25) is 0 Å². The number of carbonyl (C=O) groups excluding carboxylic acids is 1. The van der Waals surface area contributed by atoms with Crippen LogP contribution >= 0.6 is 0 Å². The number of rotatable bonds is 8. The number of ether oxygens (including phenoxy) is 1. The topological polar surface area (TPSA) is 50.4 Å². The zero-order valence-corrected chi connectivity index (χ0v) is 14.5. The Bertz CT molecular complexity index is 716. The van der Waals surface area contributed by atoms with Crippen LogP contribution in [-0.2, 0) is 24.3 Å². The molecule has 0 aromatic heterocycles. The monoisotopic (exact) mass is 384 g/mol. The number of halogens is 4. The summed E-state index contributed by atoms with van der Waals surface area (Å²) in [5.74, 6) is -0.303. The highest BCUT2D eigenvalue weighted by Gasteiger charge is 2.27. The molecule has 0 unspecified atom stereocenters. The van der Waals surface area contributed by atoms with Crippen molar-refractivity contribution in [1.29, 1.82) is 0 Å². The third-order valence-corrected chi connectivity index (χ3v) is 3.62. The summed E-state index contributed by atoms with van der Waals surface area (Å²) in [6.07, 6.45) is -3.76. The summed E-state index contributed by atoms with van der Waals surface area (Å²) in [7, 11) is 0. The maximum absolute atomic E-state index is 12.8. The number of nitrogens with one attached hydrogen (secondary N) is 2. The Labute approximate surface area is 154 Å². The third kappa shape index (κ3) is 8.54. The molecule has 0 aliphatic heterocycles. The lowest BCUT2D eigenvalue weighted by Crippen LogP contribution is -2.36. The lowest BCUT2D eigenvalue weighted by Gasteiger charge is -2.09. The fraction of sp³-hybridized carbons (Fsp3) is 0.316. The van der Waals surface area contributed by atoms with Gasteiger partial charge in [0.1, 0.15) is 12.4 Å². The van der Waals surface area contributed by atoms with Gasteiger partial charge in [0.15, 0.2) is 0 Å². The van der Waals surface area contributed by atoms with Crippen molar-refractivity contribution in [2.45, 2.75) is 25.7 Å². The molecule has 2 amide bonds. The van der Waals surface area contributed by atoms with Crippen LogP contribution in [0.3, 0.4) is 0 Å². The molecule has 0 saturated carbocycles. The fourth-order valence-corrected chi connectivity index (χ4v) is 2.25. The van der Waals surface area contributed by atoms with Crippen molar-refractivity contribution in [3.63, 3.8) is 0 Å². The van der Waals surface area contributed by atoms with E-state index in [1.54, 1.807) is 36.4 Å². The predicted molar refractivity (Wildman–Crippen MR) is 92.5 cm³/mol. The molecule has 0 aliphatic rings. The number of alkyl halides is 3. The Morgan fingerprint density at radius 2 is 1.48 bits per heavy atom. The number of carbonyl (C=O) groups is 1. The van der Waals surface area contributed by atoms with E-state index in [-0.39, 0.29) is 25.0 Å². The van der Waals surface area contributed by atoms with Gasteiger partial charge < -0.3 is 15.4 Å². The van der Waals surface area contributed by atoms with Crippen molar-refractivity contribution in [3.8, 4) is 0 Å². The van der Waals surface area contributed by atoms with Crippen LogP contribution in [0.1, 0.15) is 16.7 Å². The van der Waals surface area contributed by atoms with E-state index >= 15 is 0 Å². The van der Waals surface area contributed by atoms with Crippen LogP contribution in [0.5, 0.6) is 0 Å². The maximum Gasteiger partial charge on any atom is 0.411 e. The molecule has 2 rings (SSSR count). The second-order valence-corrected chi connectivity index (χ2v) is 5.91. The lowest BCUT2D eigenvalue weighted by atomic mass is 10.1. The molecule has 146 valence electrons. The van der Waals surface area contributed by atoms with E-state index in [4.69, 9.17) is 0 Å². The molecule has 0 heterocycles. The summed E-state index contributed by atoms with van der Waals surface area (Å²) in [5.41, 5.74) is 2.34. The van der Waals surface area contributed by atoms with E-state index in [9.17, 15) is 22.4 Å². The molecule has 2 N–H and O–H groups in total. The number of hydrogen-bond donors (Lipinski definition) is 2. The summed E-state index contributed by atoms with van der Waals surface area (Å²) in [6.45, 7) is -0.718. The molecule has 27 heavy (non-hydrogen) atoms. The molecule has 0 bridgehead atoms. The molecule has 4 nitrogen and oxygen atoms in total. The normalized spacial score (nSPS) is 11.3. The van der Waals surface area contributed by atoms with Gasteiger partial charge >= 0.3 is 12.2 Å². The smallest absolute Gasteiger partial charge is 0.367 e. The zero-order chi connectivity index (χ0) is 19.7. The first-order chi connectivity index (χ1) is 12.8. The predicted octanol–water partition coefficient (Wildman–Crippen LogP) is 3.95. The Balaban J connectivity index is 1.65. The first-order valence-electron chi connectivity index (χ1n) is 8.30. The van der Waals surface area contributed by atoms with Gasteiger partial charge in [0.25, 0.3) is 0 Å². The third-order valence-electron chi connectivity index (χ3n) is 3.62. The molecule has 0 aliphatic carbocycles. The fourth-order valence-electron chi connectivity index (χ4n) is 2.25. The SMILES string of the molecule is O=C(NCCc1ccc(F)cc1)NCc1ccc(COCC(F)(F)F)cc1. The van der Waals surface area contributed by atoms with E-state index < -0.39 is 12.8 Å². The van der Waals surface area contributed by atoms with E-state index in [2.05, 4.69) is 15.4 Å². The van der Waals surface area contributed by atoms with Gasteiger partial charge in [-0.2, -0.15) is 13.2 Å². The first kappa shape index (κ1) is 20.7. The highest BCUT2D eigenvalue weighted by atomic mass is 19.4. The highest BCUT2D eigenvalue weighted by molar-refractivity contribution is 5.73. The van der Waals surface area contributed by atoms with Crippen LogP contribution < -0.4 is 10.6 Å². The summed E-state index contributed by atoms with van der Waals surface area (Å²) >= 11 is 0. The maximum atomic E-state index is 12.8. The minimum absolute atomic E-state index is 0.128. The average molecular weight is 384 g/mol. The summed E-state index contributed by atoms with van der Waals surface area (Å²) in [5, 5.41) is 5.39. The van der Waals surface area contributed by atoms with Gasteiger partial charge in [0.05, 0.1) is 6.61 Å². The van der Waals surface area contributed by atoms with Crippen LogP contribution in [0.25, 0.3) is 0 Å². The summed E-state index contributed by atoms with van der Waals surface area (Å²) in [6, 6.07) is 12.5. The van der Waals surface area contributed by atoms with E-state index in [1.807, 2.05) is 0 Å². The Morgan fingerprint density at radius 1 is 0.889 bits per heavy atom. The second kappa shape index (κ2) is 9.91. The molecule has 2 aromatic carbocycles. The van der Waals surface area contributed by atoms with Crippen molar-refractivity contribution < 1.29 is 27.1 Å². The van der Waals surface area contributed by atoms with Crippen LogP contribution in [0, 0.1) is 5.82 Å². The first-order valence-corrected chi connectivity index (χ1v) is 8.30. The average Bonchev–Trinajstić information content (AvgIpc) is 2.62. The van der Waals surface area contributed by atoms with Crippen LogP contribution in [-0.4, -0.2) is 25.4 Å². The van der Waals surface area contributed by atoms with E-state index in [0.717, 1.165) is 11.1 Å². The van der Waals surface area contributed by atoms with Crippen molar-refractivity contribution in [1.82, 2.24) is 10.6 Å². The zero-order valence-electron chi connectivity index (χ0n) is 14.5. The van der Waals surface area contributed by atoms with Gasteiger partial charge in [-0.25, -0.2) is 9.18 Å². The molecular formula is C19H20F4N2O2. The molecule has 0 spiro atoms. The van der Waals surface area contributed by atoms with Crippen LogP contribution in [0.4, 0.5) is 22.4 Å². The number of benzene rings is 2. The van der Waals surface area contributed by atoms with Crippen molar-refractivity contribution in [3.05, 3.63) is 71.0 Å². The lowest BCUT2D eigenvalue weighted by molar-refractivity contribution is -0.176. The molecule has 0 atom stereocenters.